The molecule has 46 valence electrons. The highest BCUT2D eigenvalue weighted by Crippen LogP contribution is 1.87. The molecule has 0 aliphatic carbocycles. The average molecular weight is 119 g/mol. The minimum absolute atomic E-state index is 0.568. The number of carbonyl (C=O) groups excluding carboxylic acids is 1. The van der Waals surface area contributed by atoms with E-state index in [-0.39, 0.29) is 0 Å². The summed E-state index contributed by atoms with van der Waals surface area (Å²) >= 11 is 0. The topological polar surface area (TPSA) is 49.3 Å². The summed E-state index contributed by atoms with van der Waals surface area (Å²) in [6.45, 7) is 2.12. The third kappa shape index (κ3) is 2.30. The van der Waals surface area contributed by atoms with E-state index in [0.717, 1.165) is 0 Å². The standard InChI is InChI=1S/C4H6FNO2/c1-3(5)4(8)6-2-7/h7H,1-2H2,(H,6,8). The van der Waals surface area contributed by atoms with E-state index in [1.54, 1.807) is 5.32 Å². The van der Waals surface area contributed by atoms with E-state index in [1.165, 1.54) is 0 Å². The molecule has 0 saturated heterocycles. The van der Waals surface area contributed by atoms with Crippen molar-refractivity contribution in [1.29, 1.82) is 0 Å². The van der Waals surface area contributed by atoms with Crippen LogP contribution in [0.5, 0.6) is 0 Å². The van der Waals surface area contributed by atoms with Crippen molar-refractivity contribution in [1.82, 2.24) is 5.32 Å². The molecule has 0 aliphatic heterocycles. The SMILES string of the molecule is C=C(F)C(=O)NCO. The van der Waals surface area contributed by atoms with Gasteiger partial charge >= 0.3 is 0 Å². The predicted octanol–water partition coefficient (Wildman–Crippen LogP) is -0.464. The van der Waals surface area contributed by atoms with Crippen molar-refractivity contribution in [3.8, 4) is 0 Å². The fourth-order valence-corrected chi connectivity index (χ4v) is 0.168. The molecule has 0 aromatic heterocycles. The summed E-state index contributed by atoms with van der Waals surface area (Å²) in [4.78, 5) is 10.00. The molecule has 0 fully saturated rings. The lowest BCUT2D eigenvalue weighted by Crippen LogP contribution is -2.23. The Labute approximate surface area is 45.8 Å². The number of hydrogen-bond acceptors (Lipinski definition) is 2. The van der Waals surface area contributed by atoms with E-state index >= 15 is 0 Å². The Kier molecular flexibility index (Phi) is 2.79. The molecule has 0 bridgehead atoms. The highest BCUT2D eigenvalue weighted by Gasteiger charge is 2.00. The van der Waals surface area contributed by atoms with E-state index in [1.807, 2.05) is 0 Å². The third-order valence-corrected chi connectivity index (χ3v) is 0.486. The quantitative estimate of drug-likeness (QED) is 0.381. The second-order valence-corrected chi connectivity index (χ2v) is 1.07. The van der Waals surface area contributed by atoms with Gasteiger partial charge in [-0.3, -0.25) is 4.79 Å². The molecule has 0 spiro atoms. The molecule has 0 aliphatic rings. The molecule has 0 heterocycles. The van der Waals surface area contributed by atoms with Crippen molar-refractivity contribution < 1.29 is 14.3 Å². The number of aliphatic hydroxyl groups is 1. The second kappa shape index (κ2) is 3.15. The summed E-state index contributed by atoms with van der Waals surface area (Å²) in [6, 6.07) is 0. The maximum atomic E-state index is 11.6. The van der Waals surface area contributed by atoms with Crippen LogP contribution in [0.2, 0.25) is 0 Å². The first-order chi connectivity index (χ1) is 3.68. The molecular formula is C4H6FNO2. The van der Waals surface area contributed by atoms with Crippen LogP contribution in [0.3, 0.4) is 0 Å². The van der Waals surface area contributed by atoms with Crippen LogP contribution in [0.25, 0.3) is 0 Å². The van der Waals surface area contributed by atoms with E-state index < -0.39 is 18.5 Å². The first kappa shape index (κ1) is 7.10. The maximum absolute atomic E-state index is 11.6. The summed E-state index contributed by atoms with van der Waals surface area (Å²) in [7, 11) is 0. The van der Waals surface area contributed by atoms with Gasteiger partial charge in [-0.2, -0.15) is 0 Å². The Hall–Kier alpha value is -0.900. The Morgan fingerprint density at radius 2 is 2.38 bits per heavy atom. The minimum atomic E-state index is -1.10. The fraction of sp³-hybridized carbons (Fsp3) is 0.250. The van der Waals surface area contributed by atoms with Gasteiger partial charge in [0.2, 0.25) is 0 Å². The van der Waals surface area contributed by atoms with E-state index in [4.69, 9.17) is 5.11 Å². The normalized spacial score (nSPS) is 8.25. The van der Waals surface area contributed by atoms with Gasteiger partial charge in [-0.25, -0.2) is 4.39 Å². The van der Waals surface area contributed by atoms with Gasteiger partial charge in [0.15, 0.2) is 5.83 Å². The molecule has 2 N–H and O–H groups in total. The molecule has 0 radical (unpaired) electrons. The number of hydrogen-bond donors (Lipinski definition) is 2. The zero-order chi connectivity index (χ0) is 6.57. The molecule has 1 amide bonds. The zero-order valence-electron chi connectivity index (χ0n) is 4.15. The van der Waals surface area contributed by atoms with Crippen molar-refractivity contribution in [2.45, 2.75) is 0 Å². The molecular weight excluding hydrogens is 113 g/mol. The van der Waals surface area contributed by atoms with Gasteiger partial charge in [0, 0.05) is 0 Å². The number of halogens is 1. The first-order valence-corrected chi connectivity index (χ1v) is 1.92. The van der Waals surface area contributed by atoms with Crippen LogP contribution >= 0.6 is 0 Å². The number of aliphatic hydroxyl groups excluding tert-OH is 1. The molecule has 0 atom stereocenters. The number of rotatable bonds is 2. The lowest BCUT2D eigenvalue weighted by atomic mass is 10.5. The minimum Gasteiger partial charge on any atom is -0.376 e. The lowest BCUT2D eigenvalue weighted by Gasteiger charge is -1.93. The van der Waals surface area contributed by atoms with Crippen molar-refractivity contribution in [3.05, 3.63) is 12.4 Å². The van der Waals surface area contributed by atoms with Crippen molar-refractivity contribution in [2.75, 3.05) is 6.73 Å². The highest BCUT2D eigenvalue weighted by atomic mass is 19.1. The fourth-order valence-electron chi connectivity index (χ4n) is 0.168. The van der Waals surface area contributed by atoms with Crippen LogP contribution in [0.1, 0.15) is 0 Å². The van der Waals surface area contributed by atoms with E-state index in [0.29, 0.717) is 0 Å². The van der Waals surface area contributed by atoms with Crippen molar-refractivity contribution in [2.24, 2.45) is 0 Å². The van der Waals surface area contributed by atoms with Crippen LogP contribution in [-0.2, 0) is 4.79 Å². The zero-order valence-corrected chi connectivity index (χ0v) is 4.15. The van der Waals surface area contributed by atoms with Gasteiger partial charge in [0.05, 0.1) is 0 Å². The van der Waals surface area contributed by atoms with Crippen LogP contribution in [0, 0.1) is 0 Å². The number of amides is 1. The Bertz CT molecular complexity index is 113. The molecule has 0 aromatic carbocycles. The van der Waals surface area contributed by atoms with E-state index in [9.17, 15) is 9.18 Å². The van der Waals surface area contributed by atoms with Crippen LogP contribution in [0.4, 0.5) is 4.39 Å². The largest absolute Gasteiger partial charge is 0.376 e. The summed E-state index contributed by atoms with van der Waals surface area (Å²) in [5.41, 5.74) is 0. The lowest BCUT2D eigenvalue weighted by molar-refractivity contribution is -0.119. The molecule has 0 rings (SSSR count). The van der Waals surface area contributed by atoms with Crippen LogP contribution < -0.4 is 5.32 Å². The smallest absolute Gasteiger partial charge is 0.281 e. The van der Waals surface area contributed by atoms with E-state index in [2.05, 4.69) is 6.58 Å². The third-order valence-electron chi connectivity index (χ3n) is 0.486. The molecule has 0 saturated carbocycles. The molecule has 8 heavy (non-hydrogen) atoms. The van der Waals surface area contributed by atoms with Gasteiger partial charge in [0.1, 0.15) is 6.73 Å². The van der Waals surface area contributed by atoms with Gasteiger partial charge in [-0.15, -0.1) is 0 Å². The molecule has 3 nitrogen and oxygen atoms in total. The summed E-state index contributed by atoms with van der Waals surface area (Å²) in [5, 5.41) is 9.73. The van der Waals surface area contributed by atoms with Gasteiger partial charge < -0.3 is 10.4 Å². The number of nitrogens with one attached hydrogen (secondary N) is 1. The monoisotopic (exact) mass is 119 g/mol. The maximum Gasteiger partial charge on any atom is 0.281 e. The Balaban J connectivity index is 3.49. The van der Waals surface area contributed by atoms with Gasteiger partial charge in [-0.05, 0) is 0 Å². The van der Waals surface area contributed by atoms with Crippen LogP contribution in [-0.4, -0.2) is 17.7 Å². The summed E-state index contributed by atoms with van der Waals surface area (Å²) in [5.74, 6) is -2.08. The first-order valence-electron chi connectivity index (χ1n) is 1.92. The summed E-state index contributed by atoms with van der Waals surface area (Å²) in [6.07, 6.45) is 0. The van der Waals surface area contributed by atoms with Gasteiger partial charge in [-0.1, -0.05) is 6.58 Å². The highest BCUT2D eigenvalue weighted by molar-refractivity contribution is 5.90. The molecule has 0 aromatic rings. The predicted molar refractivity (Wildman–Crippen MR) is 25.5 cm³/mol. The Morgan fingerprint density at radius 3 is 2.50 bits per heavy atom. The number of carbonyl (C=O) groups is 1. The van der Waals surface area contributed by atoms with Crippen molar-refractivity contribution in [3.63, 3.8) is 0 Å². The average Bonchev–Trinajstić information content (AvgIpc) is 1.67. The Morgan fingerprint density at radius 1 is 1.88 bits per heavy atom. The molecule has 0 unspecified atom stereocenters. The van der Waals surface area contributed by atoms with Gasteiger partial charge in [0.25, 0.3) is 5.91 Å². The molecule has 4 heteroatoms. The summed E-state index contributed by atoms with van der Waals surface area (Å²) < 4.78 is 11.6. The van der Waals surface area contributed by atoms with Crippen LogP contribution in [0.15, 0.2) is 12.4 Å². The van der Waals surface area contributed by atoms with Crippen molar-refractivity contribution >= 4 is 5.91 Å². The second-order valence-electron chi connectivity index (χ2n) is 1.07.